The van der Waals surface area contributed by atoms with Crippen LogP contribution in [0.1, 0.15) is 29.3 Å². The summed E-state index contributed by atoms with van der Waals surface area (Å²) >= 11 is 5.56. The third kappa shape index (κ3) is 5.89. The van der Waals surface area contributed by atoms with E-state index in [1.807, 2.05) is 25.1 Å². The quantitative estimate of drug-likeness (QED) is 0.394. The minimum atomic E-state index is -0.697. The Bertz CT molecular complexity index is 1100. The zero-order valence-electron chi connectivity index (χ0n) is 20.2. The zero-order chi connectivity index (χ0) is 25.5. The van der Waals surface area contributed by atoms with Crippen LogP contribution in [-0.2, 0) is 20.7 Å². The van der Waals surface area contributed by atoms with Gasteiger partial charge in [0, 0.05) is 18.8 Å². The molecule has 186 valence electrons. The van der Waals surface area contributed by atoms with Crippen LogP contribution in [0.15, 0.2) is 42.5 Å². The lowest BCUT2D eigenvalue weighted by Gasteiger charge is -2.24. The fourth-order valence-electron chi connectivity index (χ4n) is 3.92. The molecule has 1 aliphatic rings. The fraction of sp³-hybridized carbons (Fsp3) is 0.360. The second-order valence-electron chi connectivity index (χ2n) is 7.83. The van der Waals surface area contributed by atoms with Crippen molar-refractivity contribution in [1.82, 2.24) is 9.80 Å². The topological polar surface area (TPSA) is 97.4 Å². The molecular formula is C25H29N3O6S. The van der Waals surface area contributed by atoms with Crippen LogP contribution in [0.5, 0.6) is 11.5 Å². The van der Waals surface area contributed by atoms with E-state index >= 15 is 0 Å². The lowest BCUT2D eigenvalue weighted by molar-refractivity contribution is -0.130. The summed E-state index contributed by atoms with van der Waals surface area (Å²) in [6.07, 6.45) is 0.540. The molecule has 0 radical (unpaired) electrons. The van der Waals surface area contributed by atoms with E-state index in [2.05, 4.69) is 10.1 Å². The monoisotopic (exact) mass is 499 g/mol. The summed E-state index contributed by atoms with van der Waals surface area (Å²) in [5, 5.41) is 3.20. The summed E-state index contributed by atoms with van der Waals surface area (Å²) in [5.74, 6) is 0.272. The van der Waals surface area contributed by atoms with Crippen LogP contribution in [0.25, 0.3) is 0 Å². The number of nitrogens with zero attached hydrogens (tertiary/aromatic N) is 2. The van der Waals surface area contributed by atoms with Crippen LogP contribution in [-0.4, -0.2) is 73.2 Å². The maximum absolute atomic E-state index is 13.0. The van der Waals surface area contributed by atoms with E-state index in [1.54, 1.807) is 43.4 Å². The van der Waals surface area contributed by atoms with Gasteiger partial charge in [0.15, 0.2) is 16.6 Å². The van der Waals surface area contributed by atoms with E-state index in [4.69, 9.17) is 21.7 Å². The molecular weight excluding hydrogens is 470 g/mol. The molecule has 1 fully saturated rings. The number of amides is 2. The van der Waals surface area contributed by atoms with Crippen molar-refractivity contribution in [1.29, 1.82) is 0 Å². The fourth-order valence-corrected chi connectivity index (χ4v) is 4.35. The first-order valence-electron chi connectivity index (χ1n) is 11.1. The first-order valence-corrected chi connectivity index (χ1v) is 11.5. The Balaban J connectivity index is 1.70. The van der Waals surface area contributed by atoms with Crippen LogP contribution in [0.3, 0.4) is 0 Å². The van der Waals surface area contributed by atoms with E-state index in [0.29, 0.717) is 47.4 Å². The van der Waals surface area contributed by atoms with Crippen molar-refractivity contribution in [3.05, 3.63) is 53.6 Å². The molecule has 2 aromatic rings. The summed E-state index contributed by atoms with van der Waals surface area (Å²) in [4.78, 5) is 40.7. The van der Waals surface area contributed by atoms with Crippen molar-refractivity contribution in [2.45, 2.75) is 25.8 Å². The summed E-state index contributed by atoms with van der Waals surface area (Å²) < 4.78 is 15.3. The smallest absolute Gasteiger partial charge is 0.337 e. The number of anilines is 1. The van der Waals surface area contributed by atoms with Gasteiger partial charge in [0.05, 0.1) is 33.3 Å². The second kappa shape index (κ2) is 11.7. The number of methoxy groups -OCH3 is 3. The van der Waals surface area contributed by atoms with E-state index in [-0.39, 0.29) is 18.2 Å². The lowest BCUT2D eigenvalue weighted by atomic mass is 10.1. The number of esters is 1. The first kappa shape index (κ1) is 26.0. The Labute approximate surface area is 209 Å². The summed E-state index contributed by atoms with van der Waals surface area (Å²) in [5.41, 5.74) is 1.88. The molecule has 0 bridgehead atoms. The summed E-state index contributed by atoms with van der Waals surface area (Å²) in [7, 11) is 4.46. The summed E-state index contributed by atoms with van der Waals surface area (Å²) in [6, 6.07) is 11.3. The molecule has 1 heterocycles. The SMILES string of the molecule is CCN1C(=O)[C@H](CC(=O)Nc2ccc(C(=O)OC)cc2)N(CCc2ccc(OC)c(OC)c2)C1=S. The number of carbonyl (C=O) groups is 3. The highest BCUT2D eigenvalue weighted by atomic mass is 32.1. The predicted octanol–water partition coefficient (Wildman–Crippen LogP) is 2.88. The van der Waals surface area contributed by atoms with Crippen molar-refractivity contribution >= 4 is 40.8 Å². The average Bonchev–Trinajstić information content (AvgIpc) is 3.09. The standard InChI is InChI=1S/C25H29N3O6S/c1-5-27-23(30)19(15-22(29)26-18-9-7-17(8-10-18)24(31)34-4)28(25(27)35)13-12-16-6-11-20(32-2)21(14-16)33-3/h6-11,14,19H,5,12-13,15H2,1-4H3,(H,26,29)/t19-/m0/s1. The van der Waals surface area contributed by atoms with Gasteiger partial charge in [-0.15, -0.1) is 0 Å². The predicted molar refractivity (Wildman–Crippen MR) is 135 cm³/mol. The van der Waals surface area contributed by atoms with Gasteiger partial charge in [-0.25, -0.2) is 4.79 Å². The van der Waals surface area contributed by atoms with Gasteiger partial charge in [-0.2, -0.15) is 0 Å². The largest absolute Gasteiger partial charge is 0.493 e. The minimum absolute atomic E-state index is 0.0554. The number of ether oxygens (including phenoxy) is 3. The number of hydrogen-bond acceptors (Lipinski definition) is 7. The lowest BCUT2D eigenvalue weighted by Crippen LogP contribution is -2.39. The second-order valence-corrected chi connectivity index (χ2v) is 8.20. The van der Waals surface area contributed by atoms with Crippen LogP contribution in [0, 0.1) is 0 Å². The highest BCUT2D eigenvalue weighted by Crippen LogP contribution is 2.28. The van der Waals surface area contributed by atoms with E-state index in [0.717, 1.165) is 5.56 Å². The Hall–Kier alpha value is -3.66. The molecule has 1 atom stereocenters. The normalized spacial score (nSPS) is 15.3. The maximum atomic E-state index is 13.0. The molecule has 2 aromatic carbocycles. The van der Waals surface area contributed by atoms with E-state index < -0.39 is 12.0 Å². The van der Waals surface area contributed by atoms with Gasteiger partial charge >= 0.3 is 5.97 Å². The molecule has 0 unspecified atom stereocenters. The zero-order valence-corrected chi connectivity index (χ0v) is 21.0. The highest BCUT2D eigenvalue weighted by molar-refractivity contribution is 7.80. The number of thiocarbonyl (C=S) groups is 1. The number of carbonyl (C=O) groups excluding carboxylic acids is 3. The number of rotatable bonds is 10. The molecule has 0 aliphatic carbocycles. The Morgan fingerprint density at radius 3 is 2.31 bits per heavy atom. The first-order chi connectivity index (χ1) is 16.8. The number of hydrogen-bond donors (Lipinski definition) is 1. The molecule has 2 amide bonds. The van der Waals surface area contributed by atoms with Crippen molar-refractivity contribution in [3.63, 3.8) is 0 Å². The molecule has 3 rings (SSSR count). The van der Waals surface area contributed by atoms with Crippen molar-refractivity contribution in [3.8, 4) is 11.5 Å². The average molecular weight is 500 g/mol. The molecule has 0 aromatic heterocycles. The van der Waals surface area contributed by atoms with Gasteiger partial charge in [-0.3, -0.25) is 14.5 Å². The van der Waals surface area contributed by atoms with Gasteiger partial charge in [0.25, 0.3) is 5.91 Å². The molecule has 0 saturated carbocycles. The summed E-state index contributed by atoms with van der Waals surface area (Å²) in [6.45, 7) is 2.74. The van der Waals surface area contributed by atoms with E-state index in [1.165, 1.54) is 12.0 Å². The van der Waals surface area contributed by atoms with Gasteiger partial charge in [-0.05, 0) is 67.5 Å². The molecule has 1 aliphatic heterocycles. The third-order valence-electron chi connectivity index (χ3n) is 5.78. The third-order valence-corrected chi connectivity index (χ3v) is 6.23. The minimum Gasteiger partial charge on any atom is -0.493 e. The van der Waals surface area contributed by atoms with Crippen molar-refractivity contribution < 1.29 is 28.6 Å². The highest BCUT2D eigenvalue weighted by Gasteiger charge is 2.42. The molecule has 35 heavy (non-hydrogen) atoms. The molecule has 1 saturated heterocycles. The van der Waals surface area contributed by atoms with Crippen LogP contribution in [0.2, 0.25) is 0 Å². The van der Waals surface area contributed by atoms with Gasteiger partial charge in [-0.1, -0.05) is 6.07 Å². The molecule has 1 N–H and O–H groups in total. The molecule has 10 heteroatoms. The van der Waals surface area contributed by atoms with Crippen LogP contribution >= 0.6 is 12.2 Å². The van der Waals surface area contributed by atoms with Crippen LogP contribution in [0.4, 0.5) is 5.69 Å². The van der Waals surface area contributed by atoms with Crippen molar-refractivity contribution in [2.24, 2.45) is 0 Å². The molecule has 0 spiro atoms. The number of benzene rings is 2. The van der Waals surface area contributed by atoms with Gasteiger partial charge in [0.1, 0.15) is 6.04 Å². The van der Waals surface area contributed by atoms with Gasteiger partial charge in [0.2, 0.25) is 5.91 Å². The van der Waals surface area contributed by atoms with Gasteiger partial charge < -0.3 is 24.4 Å². The Morgan fingerprint density at radius 1 is 1.03 bits per heavy atom. The van der Waals surface area contributed by atoms with Crippen LogP contribution < -0.4 is 14.8 Å². The Kier molecular flexibility index (Phi) is 8.64. The number of likely N-dealkylation sites (N-methyl/N-ethyl adjacent to an activating group) is 1. The van der Waals surface area contributed by atoms with Crippen molar-refractivity contribution in [2.75, 3.05) is 39.7 Å². The number of nitrogens with one attached hydrogen (secondary N) is 1. The molecule has 9 nitrogen and oxygen atoms in total. The maximum Gasteiger partial charge on any atom is 0.337 e. The Morgan fingerprint density at radius 2 is 1.71 bits per heavy atom. The van der Waals surface area contributed by atoms with E-state index in [9.17, 15) is 14.4 Å².